The van der Waals surface area contributed by atoms with Crippen LogP contribution < -0.4 is 0 Å². The number of cyclic esters (lactones) is 1. The average molecular weight is 869 g/mol. The van der Waals surface area contributed by atoms with Gasteiger partial charge in [-0.25, -0.2) is 0 Å². The number of allylic oxidation sites excluding steroid dienone is 3. The number of ether oxygens (including phenoxy) is 7. The van der Waals surface area contributed by atoms with Gasteiger partial charge in [0, 0.05) is 45.1 Å². The zero-order valence-corrected chi connectivity index (χ0v) is 38.9. The van der Waals surface area contributed by atoms with Gasteiger partial charge in [0.05, 0.1) is 49.6 Å². The molecule has 3 saturated heterocycles. The number of ketones is 1. The third-order valence-corrected chi connectivity index (χ3v) is 13.5. The topological polar surface area (TPSA) is 186 Å². The number of rotatable bonds is 12. The summed E-state index contributed by atoms with van der Waals surface area (Å²) in [6, 6.07) is -0.684. The Hall–Kier alpha value is -1.86. The van der Waals surface area contributed by atoms with Gasteiger partial charge in [-0.05, 0) is 90.9 Å². The van der Waals surface area contributed by atoms with Crippen LogP contribution in [-0.2, 0) is 42.7 Å². The fourth-order valence-electron chi connectivity index (χ4n) is 10.0. The van der Waals surface area contributed by atoms with Gasteiger partial charge in [0.1, 0.15) is 30.5 Å². The molecule has 4 N–H and O–H groups in total. The van der Waals surface area contributed by atoms with Crippen LogP contribution in [0.5, 0.6) is 0 Å². The largest absolute Gasteiger partial charge is 0.462 e. The zero-order chi connectivity index (χ0) is 45.3. The maximum absolute atomic E-state index is 14.0. The van der Waals surface area contributed by atoms with Crippen molar-refractivity contribution < 1.29 is 63.2 Å². The highest BCUT2D eigenvalue weighted by atomic mass is 16.7. The Kier molecular flexibility index (Phi) is 20.3. The molecule has 352 valence electrons. The fourth-order valence-corrected chi connectivity index (χ4v) is 10.0. The minimum absolute atomic E-state index is 0.0427. The van der Waals surface area contributed by atoms with E-state index >= 15 is 0 Å². The molecule has 19 atom stereocenters. The third kappa shape index (κ3) is 13.8. The second-order valence-corrected chi connectivity index (χ2v) is 18.9. The Morgan fingerprint density at radius 1 is 0.820 bits per heavy atom. The van der Waals surface area contributed by atoms with Crippen LogP contribution in [-0.4, -0.2) is 176 Å². The van der Waals surface area contributed by atoms with Crippen molar-refractivity contribution in [3.8, 4) is 0 Å². The van der Waals surface area contributed by atoms with Crippen molar-refractivity contribution in [3.63, 3.8) is 0 Å². The molecule has 15 nitrogen and oxygen atoms in total. The summed E-state index contributed by atoms with van der Waals surface area (Å²) >= 11 is 0. The van der Waals surface area contributed by atoms with E-state index in [-0.39, 0.29) is 24.7 Å². The van der Waals surface area contributed by atoms with E-state index in [1.165, 1.54) is 20.6 Å². The number of methoxy groups -OCH3 is 2. The lowest BCUT2D eigenvalue weighted by Gasteiger charge is -2.47. The first-order valence-electron chi connectivity index (χ1n) is 22.6. The zero-order valence-electron chi connectivity index (χ0n) is 38.9. The summed E-state index contributed by atoms with van der Waals surface area (Å²) < 4.78 is 42.6. The number of hydrogen-bond donors (Lipinski definition) is 4. The number of aliphatic hydroxyl groups excluding tert-OH is 4. The van der Waals surface area contributed by atoms with Gasteiger partial charge in [-0.1, -0.05) is 52.3 Å². The molecule has 0 saturated carbocycles. The molecule has 0 amide bonds. The second kappa shape index (κ2) is 23.9. The molecule has 4 rings (SSSR count). The first-order valence-corrected chi connectivity index (χ1v) is 22.6. The summed E-state index contributed by atoms with van der Waals surface area (Å²) in [6.07, 6.45) is -2.96. The van der Waals surface area contributed by atoms with Crippen LogP contribution in [0, 0.1) is 35.5 Å². The van der Waals surface area contributed by atoms with E-state index in [4.69, 9.17) is 33.2 Å². The van der Waals surface area contributed by atoms with Gasteiger partial charge in [-0.2, -0.15) is 0 Å². The summed E-state index contributed by atoms with van der Waals surface area (Å²) in [6.45, 7) is 18.2. The molecule has 0 aromatic carbocycles. The molecule has 4 aliphatic heterocycles. The standard InChI is InChI=1S/C46H80N2O13/c1-13-36-33(24-57-46-44(56-12)43(55-11)40(53)31(8)59-46)19-25(2)14-15-34(49)28(5)20-32(16-17-48-22-26(3)18-27(4)23-48)42(29(6)35(50)21-37(51)60-36)61-45-41(54)38(47(9)10)39(52)30(7)58-45/h14-15,19,26-33,35-36,38-46,50,52-54H,13,16-18,20-24H2,1-12H3/b15-14-,25-19-/t26-,27+,28-,29-,30+,31+,32+,33+,35-,36-,38-,39-,40-,41-,42-,43-,44+,45-,46+/m0/s1. The second-order valence-electron chi connectivity index (χ2n) is 18.9. The van der Waals surface area contributed by atoms with E-state index in [9.17, 15) is 30.0 Å². The number of nitrogens with zero attached hydrogens (tertiary/aromatic N) is 2. The number of likely N-dealkylation sites (tertiary alicyclic amines) is 1. The van der Waals surface area contributed by atoms with Crippen molar-refractivity contribution in [2.45, 2.75) is 167 Å². The lowest BCUT2D eigenvalue weighted by Crippen LogP contribution is -2.63. The number of piperidine rings is 1. The molecule has 0 aromatic heterocycles. The molecule has 0 spiro atoms. The molecule has 3 fully saturated rings. The summed E-state index contributed by atoms with van der Waals surface area (Å²) in [7, 11) is 6.54. The Morgan fingerprint density at radius 3 is 2.05 bits per heavy atom. The SMILES string of the molecule is CC[C@@H]1OC(=O)C[C@H](O)[C@H](C)[C@H](O[C@@H]2O[C@H](C)[C@H](O)[C@H](N(C)C)[C@@H]2O)[C@H](CCN2C[C@H](C)C[C@H](C)C2)C[C@H](C)C(=O)/C=C\C(C)=C/[C@@H]1CO[C@@H]1O[C@H](C)[C@H](O)[C@H](OC)[C@H]1OC. The molecule has 0 unspecified atom stereocenters. The minimum atomic E-state index is -1.23. The van der Waals surface area contributed by atoms with Gasteiger partial charge in [0.15, 0.2) is 18.4 Å². The van der Waals surface area contributed by atoms with Crippen LogP contribution in [0.15, 0.2) is 23.8 Å². The highest BCUT2D eigenvalue weighted by Crippen LogP contribution is 2.36. The van der Waals surface area contributed by atoms with Crippen molar-refractivity contribution >= 4 is 11.8 Å². The van der Waals surface area contributed by atoms with Crippen LogP contribution in [0.4, 0.5) is 0 Å². The van der Waals surface area contributed by atoms with Crippen molar-refractivity contribution in [2.24, 2.45) is 35.5 Å². The normalized spacial score (nSPS) is 44.3. The number of esters is 1. The highest BCUT2D eigenvalue weighted by Gasteiger charge is 2.48. The van der Waals surface area contributed by atoms with Crippen LogP contribution in [0.1, 0.15) is 87.5 Å². The summed E-state index contributed by atoms with van der Waals surface area (Å²) in [5.74, 6) is -1.46. The van der Waals surface area contributed by atoms with Gasteiger partial charge in [0.2, 0.25) is 0 Å². The van der Waals surface area contributed by atoms with Gasteiger partial charge in [0.25, 0.3) is 0 Å². The van der Waals surface area contributed by atoms with E-state index in [1.54, 1.807) is 45.0 Å². The Bertz CT molecular complexity index is 1420. The first-order chi connectivity index (χ1) is 28.8. The average Bonchev–Trinajstić information content (AvgIpc) is 3.19. The van der Waals surface area contributed by atoms with Gasteiger partial charge in [-0.3, -0.25) is 9.59 Å². The van der Waals surface area contributed by atoms with E-state index in [2.05, 4.69) is 18.7 Å². The van der Waals surface area contributed by atoms with E-state index < -0.39 is 103 Å². The molecule has 0 bridgehead atoms. The first kappa shape index (κ1) is 51.8. The van der Waals surface area contributed by atoms with Crippen molar-refractivity contribution in [1.29, 1.82) is 0 Å². The molecule has 4 heterocycles. The maximum Gasteiger partial charge on any atom is 0.308 e. The van der Waals surface area contributed by atoms with Crippen molar-refractivity contribution in [1.82, 2.24) is 9.80 Å². The Labute approximate surface area is 365 Å². The van der Waals surface area contributed by atoms with Crippen LogP contribution >= 0.6 is 0 Å². The lowest BCUT2D eigenvalue weighted by molar-refractivity contribution is -0.304. The van der Waals surface area contributed by atoms with Crippen LogP contribution in [0.25, 0.3) is 0 Å². The Balaban J connectivity index is 1.68. The van der Waals surface area contributed by atoms with Crippen molar-refractivity contribution in [2.75, 3.05) is 54.6 Å². The summed E-state index contributed by atoms with van der Waals surface area (Å²) in [5.41, 5.74) is 0.761. The highest BCUT2D eigenvalue weighted by molar-refractivity contribution is 5.91. The van der Waals surface area contributed by atoms with E-state index in [0.717, 1.165) is 25.2 Å². The Morgan fingerprint density at radius 2 is 1.44 bits per heavy atom. The van der Waals surface area contributed by atoms with Gasteiger partial charge < -0.3 is 63.4 Å². The van der Waals surface area contributed by atoms with Gasteiger partial charge >= 0.3 is 5.97 Å². The summed E-state index contributed by atoms with van der Waals surface area (Å²) in [5, 5.41) is 45.3. The molecular formula is C46H80N2O13. The fraction of sp³-hybridized carbons (Fsp3) is 0.870. The van der Waals surface area contributed by atoms with Gasteiger partial charge in [-0.15, -0.1) is 0 Å². The quantitative estimate of drug-likeness (QED) is 0.209. The molecule has 15 heteroatoms. The maximum atomic E-state index is 14.0. The summed E-state index contributed by atoms with van der Waals surface area (Å²) in [4.78, 5) is 32.1. The van der Waals surface area contributed by atoms with Crippen LogP contribution in [0.2, 0.25) is 0 Å². The molecule has 0 radical (unpaired) electrons. The smallest absolute Gasteiger partial charge is 0.308 e. The third-order valence-electron chi connectivity index (χ3n) is 13.5. The lowest BCUT2D eigenvalue weighted by atomic mass is 9.79. The van der Waals surface area contributed by atoms with E-state index in [1.807, 2.05) is 33.8 Å². The van der Waals surface area contributed by atoms with Crippen molar-refractivity contribution in [3.05, 3.63) is 23.8 Å². The number of hydrogen-bond acceptors (Lipinski definition) is 15. The molecule has 61 heavy (non-hydrogen) atoms. The predicted octanol–water partition coefficient (Wildman–Crippen LogP) is 3.34. The number of carbonyl (C=O) groups is 2. The number of likely N-dealkylation sites (N-methyl/N-ethyl adjacent to an activating group) is 1. The van der Waals surface area contributed by atoms with Crippen LogP contribution in [0.3, 0.4) is 0 Å². The number of aliphatic hydroxyl groups is 4. The number of carbonyl (C=O) groups excluding carboxylic acids is 2. The predicted molar refractivity (Wildman–Crippen MR) is 229 cm³/mol. The molecule has 0 aliphatic carbocycles. The van der Waals surface area contributed by atoms with E-state index in [0.29, 0.717) is 31.1 Å². The molecular weight excluding hydrogens is 789 g/mol. The molecule has 0 aromatic rings. The minimum Gasteiger partial charge on any atom is -0.462 e. The molecule has 4 aliphatic rings. The monoisotopic (exact) mass is 869 g/mol.